The molecule has 0 aromatic rings. The topological polar surface area (TPSA) is 35.5 Å². The van der Waals surface area contributed by atoms with Gasteiger partial charge in [-0.3, -0.25) is 0 Å². The maximum atomic E-state index is 10.8. The molecule has 0 N–H and O–H groups in total. The van der Waals surface area contributed by atoms with E-state index in [4.69, 9.17) is 9.47 Å². The molecular formula is C7H10O3. The third-order valence-corrected chi connectivity index (χ3v) is 1.20. The molecule has 1 aliphatic heterocycles. The Bertz CT molecular complexity index is 151. The highest BCUT2D eigenvalue weighted by Gasteiger charge is 2.19. The summed E-state index contributed by atoms with van der Waals surface area (Å²) in [6, 6.07) is 0. The maximum Gasteiger partial charge on any atom is 0.339 e. The number of carbonyl (C=O) groups excluding carboxylic acids is 1. The van der Waals surface area contributed by atoms with Crippen LogP contribution in [-0.2, 0) is 14.3 Å². The van der Waals surface area contributed by atoms with Crippen molar-refractivity contribution in [2.24, 2.45) is 0 Å². The van der Waals surface area contributed by atoms with Crippen LogP contribution in [0.5, 0.6) is 0 Å². The van der Waals surface area contributed by atoms with Gasteiger partial charge >= 0.3 is 5.97 Å². The van der Waals surface area contributed by atoms with E-state index in [2.05, 4.69) is 0 Å². The van der Waals surface area contributed by atoms with Crippen LogP contribution in [0.15, 0.2) is 12.2 Å². The zero-order chi connectivity index (χ0) is 7.40. The van der Waals surface area contributed by atoms with Crippen LogP contribution in [-0.4, -0.2) is 25.3 Å². The summed E-state index contributed by atoms with van der Waals surface area (Å²) in [7, 11) is 0. The SMILES string of the molecule is CCOC(=O)C1C=CCO1. The van der Waals surface area contributed by atoms with E-state index >= 15 is 0 Å². The largest absolute Gasteiger partial charge is 0.464 e. The van der Waals surface area contributed by atoms with Gasteiger partial charge in [-0.2, -0.15) is 0 Å². The van der Waals surface area contributed by atoms with E-state index in [1.807, 2.05) is 6.08 Å². The van der Waals surface area contributed by atoms with Gasteiger partial charge in [-0.25, -0.2) is 4.79 Å². The van der Waals surface area contributed by atoms with Gasteiger partial charge in [0.25, 0.3) is 0 Å². The molecule has 1 unspecified atom stereocenters. The lowest BCUT2D eigenvalue weighted by Crippen LogP contribution is -2.21. The van der Waals surface area contributed by atoms with Crippen LogP contribution < -0.4 is 0 Å². The van der Waals surface area contributed by atoms with Crippen LogP contribution in [0.1, 0.15) is 6.92 Å². The molecule has 0 spiro atoms. The second-order valence-corrected chi connectivity index (χ2v) is 1.93. The molecule has 1 heterocycles. The Morgan fingerprint density at radius 2 is 2.70 bits per heavy atom. The molecule has 0 aromatic heterocycles. The van der Waals surface area contributed by atoms with Gasteiger partial charge in [-0.1, -0.05) is 6.08 Å². The third kappa shape index (κ3) is 1.57. The summed E-state index contributed by atoms with van der Waals surface area (Å²) in [6.07, 6.45) is 3.06. The maximum absolute atomic E-state index is 10.8. The van der Waals surface area contributed by atoms with Crippen LogP contribution in [0, 0.1) is 0 Å². The van der Waals surface area contributed by atoms with Crippen molar-refractivity contribution in [2.45, 2.75) is 13.0 Å². The minimum Gasteiger partial charge on any atom is -0.464 e. The van der Waals surface area contributed by atoms with Crippen molar-refractivity contribution in [2.75, 3.05) is 13.2 Å². The predicted octanol–water partition coefficient (Wildman–Crippen LogP) is 0.504. The first-order chi connectivity index (χ1) is 4.84. The molecule has 1 rings (SSSR count). The van der Waals surface area contributed by atoms with Gasteiger partial charge in [-0.05, 0) is 13.0 Å². The van der Waals surface area contributed by atoms with Gasteiger partial charge < -0.3 is 9.47 Å². The van der Waals surface area contributed by atoms with E-state index in [1.165, 1.54) is 0 Å². The lowest BCUT2D eigenvalue weighted by atomic mass is 10.3. The molecule has 56 valence electrons. The Balaban J connectivity index is 2.33. The summed E-state index contributed by atoms with van der Waals surface area (Å²) in [5, 5.41) is 0. The Labute approximate surface area is 59.6 Å². The van der Waals surface area contributed by atoms with Gasteiger partial charge in [0.05, 0.1) is 13.2 Å². The van der Waals surface area contributed by atoms with Gasteiger partial charge in [0.1, 0.15) is 0 Å². The standard InChI is InChI=1S/C7H10O3/c1-2-9-7(8)6-4-3-5-10-6/h3-4,6H,2,5H2,1H3. The molecule has 0 saturated carbocycles. The first-order valence-electron chi connectivity index (χ1n) is 3.29. The number of hydrogen-bond donors (Lipinski definition) is 0. The highest BCUT2D eigenvalue weighted by Crippen LogP contribution is 2.04. The summed E-state index contributed by atoms with van der Waals surface area (Å²) >= 11 is 0. The van der Waals surface area contributed by atoms with E-state index in [9.17, 15) is 4.79 Å². The van der Waals surface area contributed by atoms with Crippen molar-refractivity contribution in [1.82, 2.24) is 0 Å². The zero-order valence-electron chi connectivity index (χ0n) is 5.87. The lowest BCUT2D eigenvalue weighted by Gasteiger charge is -2.05. The van der Waals surface area contributed by atoms with E-state index < -0.39 is 6.10 Å². The van der Waals surface area contributed by atoms with E-state index in [1.54, 1.807) is 13.0 Å². The number of carbonyl (C=O) groups is 1. The molecule has 0 bridgehead atoms. The molecule has 1 aliphatic rings. The molecule has 1 atom stereocenters. The van der Waals surface area contributed by atoms with Crippen molar-refractivity contribution in [1.29, 1.82) is 0 Å². The average molecular weight is 142 g/mol. The molecule has 0 amide bonds. The monoisotopic (exact) mass is 142 g/mol. The molecule has 0 aromatic carbocycles. The summed E-state index contributed by atoms with van der Waals surface area (Å²) in [4.78, 5) is 10.8. The Morgan fingerprint density at radius 1 is 1.90 bits per heavy atom. The Kier molecular flexibility index (Phi) is 2.45. The van der Waals surface area contributed by atoms with Crippen molar-refractivity contribution >= 4 is 5.97 Å². The molecule has 10 heavy (non-hydrogen) atoms. The van der Waals surface area contributed by atoms with Gasteiger partial charge in [0.2, 0.25) is 0 Å². The third-order valence-electron chi connectivity index (χ3n) is 1.20. The Morgan fingerprint density at radius 3 is 3.20 bits per heavy atom. The average Bonchev–Trinajstić information content (AvgIpc) is 2.38. The van der Waals surface area contributed by atoms with Crippen molar-refractivity contribution in [3.63, 3.8) is 0 Å². The predicted molar refractivity (Wildman–Crippen MR) is 35.5 cm³/mol. The second kappa shape index (κ2) is 3.37. The molecule has 0 fully saturated rings. The fourth-order valence-corrected chi connectivity index (χ4v) is 0.765. The second-order valence-electron chi connectivity index (χ2n) is 1.93. The summed E-state index contributed by atoms with van der Waals surface area (Å²) < 4.78 is 9.69. The minimum absolute atomic E-state index is 0.295. The normalized spacial score (nSPS) is 23.1. The molecular weight excluding hydrogens is 132 g/mol. The van der Waals surface area contributed by atoms with Gasteiger partial charge in [0.15, 0.2) is 6.10 Å². The molecule has 0 aliphatic carbocycles. The minimum atomic E-state index is -0.458. The lowest BCUT2D eigenvalue weighted by molar-refractivity contribution is -0.151. The van der Waals surface area contributed by atoms with Crippen molar-refractivity contribution in [3.8, 4) is 0 Å². The molecule has 3 nitrogen and oxygen atoms in total. The van der Waals surface area contributed by atoms with Crippen LogP contribution in [0.4, 0.5) is 0 Å². The van der Waals surface area contributed by atoms with Crippen LogP contribution >= 0.6 is 0 Å². The van der Waals surface area contributed by atoms with Crippen LogP contribution in [0.2, 0.25) is 0 Å². The molecule has 3 heteroatoms. The zero-order valence-corrected chi connectivity index (χ0v) is 5.87. The smallest absolute Gasteiger partial charge is 0.339 e. The highest BCUT2D eigenvalue weighted by molar-refractivity contribution is 5.77. The van der Waals surface area contributed by atoms with E-state index in [0.29, 0.717) is 13.2 Å². The number of esters is 1. The number of ether oxygens (including phenoxy) is 2. The Hall–Kier alpha value is -0.830. The number of rotatable bonds is 2. The van der Waals surface area contributed by atoms with Crippen LogP contribution in [0.3, 0.4) is 0 Å². The highest BCUT2D eigenvalue weighted by atomic mass is 16.6. The first kappa shape index (κ1) is 7.28. The van der Waals surface area contributed by atoms with Gasteiger partial charge in [0, 0.05) is 0 Å². The molecule has 0 radical (unpaired) electrons. The molecule has 0 saturated heterocycles. The van der Waals surface area contributed by atoms with Crippen molar-refractivity contribution in [3.05, 3.63) is 12.2 Å². The fraction of sp³-hybridized carbons (Fsp3) is 0.571. The van der Waals surface area contributed by atoms with Crippen LogP contribution in [0.25, 0.3) is 0 Å². The van der Waals surface area contributed by atoms with Gasteiger partial charge in [-0.15, -0.1) is 0 Å². The van der Waals surface area contributed by atoms with E-state index in [0.717, 1.165) is 0 Å². The van der Waals surface area contributed by atoms with Crippen molar-refractivity contribution < 1.29 is 14.3 Å². The summed E-state index contributed by atoms with van der Waals surface area (Å²) in [5.41, 5.74) is 0. The summed E-state index contributed by atoms with van der Waals surface area (Å²) in [5.74, 6) is -0.295. The number of hydrogen-bond acceptors (Lipinski definition) is 3. The van der Waals surface area contributed by atoms with E-state index in [-0.39, 0.29) is 5.97 Å². The quantitative estimate of drug-likeness (QED) is 0.416. The summed E-state index contributed by atoms with van der Waals surface area (Å²) in [6.45, 7) is 2.70. The first-order valence-corrected chi connectivity index (χ1v) is 3.29. The fourth-order valence-electron chi connectivity index (χ4n) is 0.765.